The van der Waals surface area contributed by atoms with Crippen molar-refractivity contribution in [3.05, 3.63) is 0 Å². The lowest BCUT2D eigenvalue weighted by Crippen LogP contribution is -2.74. The Balaban J connectivity index is 6.29. The van der Waals surface area contributed by atoms with Gasteiger partial charge in [-0.25, -0.2) is 9.18 Å². The van der Waals surface area contributed by atoms with Gasteiger partial charge in [0.1, 0.15) is 0 Å². The molecule has 0 heterocycles. The van der Waals surface area contributed by atoms with Gasteiger partial charge in [-0.3, -0.25) is 0 Å². The predicted octanol–water partition coefficient (Wildman–Crippen LogP) is 7.83. The highest BCUT2D eigenvalue weighted by atomic mass is 31.0. The van der Waals surface area contributed by atoms with E-state index >= 15 is 0 Å². The predicted molar refractivity (Wildman–Crippen MR) is 99.3 cm³/mol. The van der Waals surface area contributed by atoms with E-state index in [9.17, 15) is 70.7 Å². The Bertz CT molecular complexity index is 761. The number of esters is 1. The van der Waals surface area contributed by atoms with E-state index in [1.165, 1.54) is 9.47 Å². The maximum absolute atomic E-state index is 13.9. The molecule has 0 N–H and O–H groups in total. The standard InChI is InChI=1S/C18H22F15O3P/c1-3-5-6-7-8-9(36-37)11(34)35-18(32,33)17(30,31)16(28,29)15(26,27)14(24,25)13(22,23)12(20,21)10(19)4-2/h9-10H,3-8,37H2,1-2H3. The third kappa shape index (κ3) is 6.19. The molecule has 0 aromatic heterocycles. The van der Waals surface area contributed by atoms with E-state index in [1.54, 1.807) is 6.92 Å². The van der Waals surface area contributed by atoms with Crippen molar-refractivity contribution in [2.45, 2.75) is 106 Å². The molecule has 3 nitrogen and oxygen atoms in total. The summed E-state index contributed by atoms with van der Waals surface area (Å²) in [5.74, 6) is -50.1. The van der Waals surface area contributed by atoms with E-state index in [0.717, 1.165) is 0 Å². The zero-order valence-corrected chi connectivity index (χ0v) is 20.0. The first-order chi connectivity index (χ1) is 16.4. The normalized spacial score (nSPS) is 16.5. The number of rotatable bonds is 16. The van der Waals surface area contributed by atoms with Crippen LogP contribution in [-0.2, 0) is 14.1 Å². The third-order valence-electron chi connectivity index (χ3n) is 5.09. The van der Waals surface area contributed by atoms with Crippen LogP contribution in [0.4, 0.5) is 65.9 Å². The van der Waals surface area contributed by atoms with Crippen LogP contribution in [0.3, 0.4) is 0 Å². The second kappa shape index (κ2) is 11.9. The van der Waals surface area contributed by atoms with E-state index in [0.29, 0.717) is 26.2 Å². The molecule has 0 aliphatic heterocycles. The molecule has 19 heteroatoms. The van der Waals surface area contributed by atoms with Gasteiger partial charge in [-0.15, -0.1) is 0 Å². The summed E-state index contributed by atoms with van der Waals surface area (Å²) in [5, 5.41) is 0. The lowest BCUT2D eigenvalue weighted by atomic mass is 9.89. The summed E-state index contributed by atoms with van der Waals surface area (Å²) < 4.78 is 212. The smallest absolute Gasteiger partial charge is 0.394 e. The largest absolute Gasteiger partial charge is 0.473 e. The minimum Gasteiger partial charge on any atom is -0.394 e. The summed E-state index contributed by atoms with van der Waals surface area (Å²) in [5.41, 5.74) is 0. The van der Waals surface area contributed by atoms with Crippen LogP contribution in [0.25, 0.3) is 0 Å². The Kier molecular flexibility index (Phi) is 11.5. The molecule has 3 unspecified atom stereocenters. The Morgan fingerprint density at radius 2 is 1.14 bits per heavy atom. The monoisotopic (exact) mass is 602 g/mol. The van der Waals surface area contributed by atoms with Crippen molar-refractivity contribution in [1.29, 1.82) is 0 Å². The molecule has 0 aromatic rings. The molecule has 0 saturated carbocycles. The molecule has 0 saturated heterocycles. The van der Waals surface area contributed by atoms with Crippen LogP contribution in [0.5, 0.6) is 0 Å². The second-order valence-corrected chi connectivity index (χ2v) is 8.05. The van der Waals surface area contributed by atoms with Crippen LogP contribution in [-0.4, -0.2) is 59.9 Å². The number of halogens is 15. The second-order valence-electron chi connectivity index (χ2n) is 7.78. The molecule has 0 radical (unpaired) electrons. The van der Waals surface area contributed by atoms with E-state index in [4.69, 9.17) is 0 Å². The van der Waals surface area contributed by atoms with Crippen LogP contribution >= 0.6 is 9.47 Å². The Hall–Kier alpha value is -1.19. The minimum atomic E-state index is -8.39. The first kappa shape index (κ1) is 35.8. The summed E-state index contributed by atoms with van der Waals surface area (Å²) in [6.45, 7) is 2.04. The van der Waals surface area contributed by atoms with Gasteiger partial charge in [-0.2, -0.15) is 61.5 Å². The van der Waals surface area contributed by atoms with Gasteiger partial charge in [0.2, 0.25) is 0 Å². The minimum absolute atomic E-state index is 0.0129. The fourth-order valence-electron chi connectivity index (χ4n) is 2.69. The van der Waals surface area contributed by atoms with Crippen LogP contribution in [0.1, 0.15) is 52.4 Å². The summed E-state index contributed by atoms with van der Waals surface area (Å²) in [7, 11) is 1.30. The van der Waals surface area contributed by atoms with Gasteiger partial charge in [0, 0.05) is 9.47 Å². The Labute approximate surface area is 202 Å². The zero-order valence-electron chi connectivity index (χ0n) is 18.9. The number of carbonyl (C=O) groups is 1. The van der Waals surface area contributed by atoms with E-state index in [2.05, 4.69) is 9.26 Å². The number of alkyl halides is 15. The van der Waals surface area contributed by atoms with E-state index < -0.39 is 72.7 Å². The van der Waals surface area contributed by atoms with Crippen molar-refractivity contribution in [2.75, 3.05) is 0 Å². The summed E-state index contributed by atoms with van der Waals surface area (Å²) in [6.07, 6.45) is -14.5. The van der Waals surface area contributed by atoms with Crippen molar-refractivity contribution in [1.82, 2.24) is 0 Å². The molecule has 0 aliphatic carbocycles. The fraction of sp³-hybridized carbons (Fsp3) is 0.944. The summed E-state index contributed by atoms with van der Waals surface area (Å²) >= 11 is 0. The van der Waals surface area contributed by atoms with Crippen molar-refractivity contribution >= 4 is 15.4 Å². The highest BCUT2D eigenvalue weighted by molar-refractivity contribution is 7.09. The number of unbranched alkanes of at least 4 members (excludes halogenated alkanes) is 3. The number of hydrogen-bond acceptors (Lipinski definition) is 3. The van der Waals surface area contributed by atoms with Gasteiger partial charge in [-0.05, 0) is 12.8 Å². The average molecular weight is 602 g/mol. The maximum Gasteiger partial charge on any atom is 0.473 e. The Morgan fingerprint density at radius 1 is 0.703 bits per heavy atom. The van der Waals surface area contributed by atoms with Gasteiger partial charge in [0.25, 0.3) is 0 Å². The van der Waals surface area contributed by atoms with Gasteiger partial charge < -0.3 is 9.26 Å². The van der Waals surface area contributed by atoms with Gasteiger partial charge in [0.05, 0.1) is 0 Å². The van der Waals surface area contributed by atoms with E-state index in [1.807, 2.05) is 0 Å². The lowest BCUT2D eigenvalue weighted by Gasteiger charge is -2.42. The van der Waals surface area contributed by atoms with Gasteiger partial charge in [0.15, 0.2) is 12.3 Å². The molecule has 0 amide bonds. The molecule has 3 atom stereocenters. The first-order valence-electron chi connectivity index (χ1n) is 10.3. The number of hydrogen-bond donors (Lipinski definition) is 0. The number of ether oxygens (including phenoxy) is 1. The van der Waals surface area contributed by atoms with Crippen molar-refractivity contribution < 1.29 is 79.9 Å². The molecule has 0 aliphatic rings. The maximum atomic E-state index is 13.9. The van der Waals surface area contributed by atoms with Crippen molar-refractivity contribution in [2.24, 2.45) is 0 Å². The Morgan fingerprint density at radius 3 is 1.54 bits per heavy atom. The molecule has 0 rings (SSSR count). The van der Waals surface area contributed by atoms with Crippen molar-refractivity contribution in [3.8, 4) is 0 Å². The SMILES string of the molecule is CCCCCCC(OP)C(=O)OC(F)(F)C(F)(F)C(F)(F)C(F)(F)C(F)(F)C(F)(F)C(F)(F)C(F)CC. The molecule has 0 bridgehead atoms. The number of carbonyl (C=O) groups excluding carboxylic acids is 1. The fourth-order valence-corrected chi connectivity index (χ4v) is 2.94. The van der Waals surface area contributed by atoms with Crippen LogP contribution in [0, 0.1) is 0 Å². The van der Waals surface area contributed by atoms with Gasteiger partial charge >= 0.3 is 47.6 Å². The molecule has 0 aromatic carbocycles. The van der Waals surface area contributed by atoms with Crippen LogP contribution < -0.4 is 0 Å². The third-order valence-corrected chi connectivity index (χ3v) is 5.42. The van der Waals surface area contributed by atoms with E-state index in [-0.39, 0.29) is 6.42 Å². The zero-order chi connectivity index (χ0) is 29.9. The highest BCUT2D eigenvalue weighted by Crippen LogP contribution is 2.63. The molecule has 0 fully saturated rings. The first-order valence-corrected chi connectivity index (χ1v) is 10.7. The topological polar surface area (TPSA) is 35.5 Å². The lowest BCUT2D eigenvalue weighted by molar-refractivity contribution is -0.463. The summed E-state index contributed by atoms with van der Waals surface area (Å²) in [6, 6.07) is 0. The van der Waals surface area contributed by atoms with Crippen molar-refractivity contribution in [3.63, 3.8) is 0 Å². The highest BCUT2D eigenvalue weighted by Gasteiger charge is 2.94. The molecule has 37 heavy (non-hydrogen) atoms. The molecular formula is C18H22F15O3P. The van der Waals surface area contributed by atoms with Crippen LogP contribution in [0.2, 0.25) is 0 Å². The quantitative estimate of drug-likeness (QED) is 0.0783. The van der Waals surface area contributed by atoms with Crippen LogP contribution in [0.15, 0.2) is 0 Å². The molecular weight excluding hydrogens is 580 g/mol. The van der Waals surface area contributed by atoms with Gasteiger partial charge in [-0.1, -0.05) is 39.5 Å². The molecule has 222 valence electrons. The summed E-state index contributed by atoms with van der Waals surface area (Å²) in [4.78, 5) is 11.7. The average Bonchev–Trinajstić information content (AvgIpc) is 2.77. The molecule has 0 spiro atoms.